The third-order valence-electron chi connectivity index (χ3n) is 2.41. The van der Waals surface area contributed by atoms with Crippen LogP contribution >= 0.6 is 11.6 Å². The van der Waals surface area contributed by atoms with Gasteiger partial charge in [0.1, 0.15) is 5.69 Å². The first-order valence-electron chi connectivity index (χ1n) is 4.92. The molecule has 0 aliphatic carbocycles. The van der Waals surface area contributed by atoms with Gasteiger partial charge in [-0.2, -0.15) is 5.10 Å². The third kappa shape index (κ3) is 2.03. The van der Waals surface area contributed by atoms with Crippen LogP contribution in [0.5, 0.6) is 11.6 Å². The molecule has 0 aliphatic rings. The minimum absolute atomic E-state index is 0.0739. The van der Waals surface area contributed by atoms with Crippen LogP contribution in [0.15, 0.2) is 11.1 Å². The molecule has 0 saturated heterocycles. The Hall–Kier alpha value is -1.82. The van der Waals surface area contributed by atoms with E-state index < -0.39 is 5.56 Å². The maximum atomic E-state index is 11.3. The number of hydrogen-bond acceptors (Lipinski definition) is 4. The Kier molecular flexibility index (Phi) is 2.89. The molecule has 0 saturated carbocycles. The fourth-order valence-corrected chi connectivity index (χ4v) is 1.58. The summed E-state index contributed by atoms with van der Waals surface area (Å²) in [4.78, 5) is 17.5. The average Bonchev–Trinajstić information content (AvgIpc) is 2.51. The molecule has 0 spiro atoms. The van der Waals surface area contributed by atoms with Crippen LogP contribution in [-0.4, -0.2) is 19.7 Å². The van der Waals surface area contributed by atoms with E-state index in [0.29, 0.717) is 11.4 Å². The largest absolute Gasteiger partial charge is 0.433 e. The molecule has 0 aromatic carbocycles. The van der Waals surface area contributed by atoms with Crippen LogP contribution < -0.4 is 10.3 Å². The van der Waals surface area contributed by atoms with Crippen molar-refractivity contribution < 1.29 is 4.74 Å². The van der Waals surface area contributed by atoms with Crippen LogP contribution in [0, 0.1) is 13.8 Å². The quantitative estimate of drug-likeness (QED) is 0.883. The summed E-state index contributed by atoms with van der Waals surface area (Å²) in [5.41, 5.74) is 1.11. The standard InChI is InChI=1S/C10H11ClN4O2/c1-5-8(6(2)15(3)14-5)17-10-7(11)9(16)12-4-13-10/h4H,1-3H3,(H,12,13,16). The molecule has 0 radical (unpaired) electrons. The normalized spacial score (nSPS) is 10.6. The lowest BCUT2D eigenvalue weighted by molar-refractivity contribution is 0.453. The number of hydrogen-bond donors (Lipinski definition) is 1. The molecule has 1 N–H and O–H groups in total. The van der Waals surface area contributed by atoms with Gasteiger partial charge in [-0.25, -0.2) is 4.98 Å². The highest BCUT2D eigenvalue weighted by Crippen LogP contribution is 2.28. The first-order valence-corrected chi connectivity index (χ1v) is 5.29. The Morgan fingerprint density at radius 2 is 2.18 bits per heavy atom. The van der Waals surface area contributed by atoms with Gasteiger partial charge >= 0.3 is 0 Å². The van der Waals surface area contributed by atoms with E-state index in [4.69, 9.17) is 16.3 Å². The molecule has 0 atom stereocenters. The number of aryl methyl sites for hydroxylation is 2. The summed E-state index contributed by atoms with van der Waals surface area (Å²) in [6, 6.07) is 0. The molecule has 2 rings (SSSR count). The molecule has 90 valence electrons. The summed E-state index contributed by atoms with van der Waals surface area (Å²) in [7, 11) is 1.81. The van der Waals surface area contributed by atoms with E-state index in [-0.39, 0.29) is 10.9 Å². The molecule has 7 heteroatoms. The SMILES string of the molecule is Cc1nn(C)c(C)c1Oc1nc[nH]c(=O)c1Cl. The number of aromatic nitrogens is 4. The van der Waals surface area contributed by atoms with Crippen molar-refractivity contribution in [3.05, 3.63) is 33.1 Å². The van der Waals surface area contributed by atoms with Crippen molar-refractivity contribution in [2.24, 2.45) is 7.05 Å². The molecule has 2 aromatic rings. The van der Waals surface area contributed by atoms with Crippen LogP contribution in [0.3, 0.4) is 0 Å². The van der Waals surface area contributed by atoms with Gasteiger partial charge < -0.3 is 9.72 Å². The molecule has 2 heterocycles. The highest BCUT2D eigenvalue weighted by molar-refractivity contribution is 6.31. The molecule has 0 amide bonds. The Morgan fingerprint density at radius 3 is 2.76 bits per heavy atom. The molecular formula is C10H11ClN4O2. The molecule has 0 aliphatic heterocycles. The minimum atomic E-state index is -0.434. The Bertz CT molecular complexity index is 617. The van der Waals surface area contributed by atoms with Gasteiger partial charge in [-0.05, 0) is 13.8 Å². The Labute approximate surface area is 102 Å². The van der Waals surface area contributed by atoms with Crippen molar-refractivity contribution in [2.75, 3.05) is 0 Å². The zero-order valence-corrected chi connectivity index (χ0v) is 10.4. The van der Waals surface area contributed by atoms with Gasteiger partial charge in [-0.15, -0.1) is 0 Å². The van der Waals surface area contributed by atoms with Gasteiger partial charge in [0, 0.05) is 7.05 Å². The van der Waals surface area contributed by atoms with Crippen molar-refractivity contribution >= 4 is 11.6 Å². The van der Waals surface area contributed by atoms with Crippen molar-refractivity contribution in [2.45, 2.75) is 13.8 Å². The number of nitrogens with one attached hydrogen (secondary N) is 1. The van der Waals surface area contributed by atoms with Crippen molar-refractivity contribution in [3.63, 3.8) is 0 Å². The Morgan fingerprint density at radius 1 is 1.47 bits per heavy atom. The van der Waals surface area contributed by atoms with E-state index in [1.807, 2.05) is 20.9 Å². The van der Waals surface area contributed by atoms with E-state index in [1.54, 1.807) is 4.68 Å². The lowest BCUT2D eigenvalue weighted by atomic mass is 10.3. The Balaban J connectivity index is 2.45. The summed E-state index contributed by atoms with van der Waals surface area (Å²) >= 11 is 5.80. The number of ether oxygens (including phenoxy) is 1. The van der Waals surface area contributed by atoms with E-state index in [1.165, 1.54) is 6.33 Å². The lowest BCUT2D eigenvalue weighted by Gasteiger charge is -2.05. The summed E-state index contributed by atoms with van der Waals surface area (Å²) in [6.07, 6.45) is 1.24. The highest BCUT2D eigenvalue weighted by Gasteiger charge is 2.15. The minimum Gasteiger partial charge on any atom is -0.433 e. The van der Waals surface area contributed by atoms with E-state index in [0.717, 1.165) is 5.69 Å². The van der Waals surface area contributed by atoms with Crippen molar-refractivity contribution in [1.29, 1.82) is 0 Å². The second kappa shape index (κ2) is 4.21. The fraction of sp³-hybridized carbons (Fsp3) is 0.300. The monoisotopic (exact) mass is 254 g/mol. The molecule has 17 heavy (non-hydrogen) atoms. The number of nitrogens with zero attached hydrogens (tertiary/aromatic N) is 3. The van der Waals surface area contributed by atoms with E-state index in [2.05, 4.69) is 15.1 Å². The molecule has 0 bridgehead atoms. The molecule has 2 aromatic heterocycles. The second-order valence-electron chi connectivity index (χ2n) is 3.58. The topological polar surface area (TPSA) is 72.8 Å². The zero-order valence-electron chi connectivity index (χ0n) is 9.61. The predicted octanol–water partition coefficient (Wildman–Crippen LogP) is 1.57. The molecule has 6 nitrogen and oxygen atoms in total. The van der Waals surface area contributed by atoms with Gasteiger partial charge in [0.2, 0.25) is 5.88 Å². The van der Waals surface area contributed by atoms with Crippen LogP contribution in [-0.2, 0) is 7.05 Å². The maximum Gasteiger partial charge on any atom is 0.273 e. The smallest absolute Gasteiger partial charge is 0.273 e. The number of aromatic amines is 1. The molecule has 0 fully saturated rings. The van der Waals surface area contributed by atoms with Crippen LogP contribution in [0.4, 0.5) is 0 Å². The summed E-state index contributed by atoms with van der Waals surface area (Å²) in [5, 5.41) is 4.12. The van der Waals surface area contributed by atoms with Crippen LogP contribution in [0.25, 0.3) is 0 Å². The van der Waals surface area contributed by atoms with Gasteiger partial charge in [0.15, 0.2) is 10.8 Å². The average molecular weight is 255 g/mol. The highest BCUT2D eigenvalue weighted by atomic mass is 35.5. The van der Waals surface area contributed by atoms with Gasteiger partial charge in [0.25, 0.3) is 5.56 Å². The predicted molar refractivity (Wildman–Crippen MR) is 62.6 cm³/mol. The molecule has 0 unspecified atom stereocenters. The van der Waals surface area contributed by atoms with Crippen molar-refractivity contribution in [1.82, 2.24) is 19.7 Å². The second-order valence-corrected chi connectivity index (χ2v) is 3.95. The summed E-state index contributed by atoms with van der Waals surface area (Å²) < 4.78 is 7.21. The third-order valence-corrected chi connectivity index (χ3v) is 2.74. The lowest BCUT2D eigenvalue weighted by Crippen LogP contribution is -2.08. The summed E-state index contributed by atoms with van der Waals surface area (Å²) in [5.74, 6) is 0.641. The zero-order chi connectivity index (χ0) is 12.6. The number of rotatable bonds is 2. The van der Waals surface area contributed by atoms with E-state index >= 15 is 0 Å². The van der Waals surface area contributed by atoms with Crippen molar-refractivity contribution in [3.8, 4) is 11.6 Å². The van der Waals surface area contributed by atoms with Crippen LogP contribution in [0.2, 0.25) is 5.02 Å². The van der Waals surface area contributed by atoms with Crippen LogP contribution in [0.1, 0.15) is 11.4 Å². The fourth-order valence-electron chi connectivity index (χ4n) is 1.44. The van der Waals surface area contributed by atoms with Gasteiger partial charge in [-0.1, -0.05) is 11.6 Å². The van der Waals surface area contributed by atoms with Gasteiger partial charge in [0.05, 0.1) is 12.0 Å². The number of halogens is 1. The summed E-state index contributed by atoms with van der Waals surface area (Å²) in [6.45, 7) is 3.67. The molecular weight excluding hydrogens is 244 g/mol. The first-order chi connectivity index (χ1) is 8.00. The number of H-pyrrole nitrogens is 1. The maximum absolute atomic E-state index is 11.3. The first kappa shape index (κ1) is 11.7. The van der Waals surface area contributed by atoms with E-state index in [9.17, 15) is 4.79 Å². The van der Waals surface area contributed by atoms with Gasteiger partial charge in [-0.3, -0.25) is 9.48 Å².